The summed E-state index contributed by atoms with van der Waals surface area (Å²) in [4.78, 5) is 30.9. The number of hydrogen-bond acceptors (Lipinski definition) is 5. The van der Waals surface area contributed by atoms with Gasteiger partial charge in [-0.05, 0) is 26.0 Å². The van der Waals surface area contributed by atoms with Crippen molar-refractivity contribution in [1.82, 2.24) is 10.3 Å². The number of hydrazine groups is 1. The maximum absolute atomic E-state index is 12.7. The Morgan fingerprint density at radius 3 is 2.74 bits per heavy atom. The summed E-state index contributed by atoms with van der Waals surface area (Å²) in [6.07, 6.45) is 0.00109. The van der Waals surface area contributed by atoms with Crippen molar-refractivity contribution in [3.63, 3.8) is 0 Å². The SMILES string of the molecule is C[C@H]1CN(C(=O)C2=N[C@H](C)C(=O)N(c3ccccc3)N2)CCO1. The molecular formula is C16H20N4O3. The lowest BCUT2D eigenvalue weighted by molar-refractivity contribution is -0.131. The Morgan fingerprint density at radius 1 is 1.30 bits per heavy atom. The lowest BCUT2D eigenvalue weighted by Gasteiger charge is -2.35. The fraction of sp³-hybridized carbons (Fsp3) is 0.438. The first-order valence-electron chi connectivity index (χ1n) is 7.70. The van der Waals surface area contributed by atoms with Crippen LogP contribution in [0, 0.1) is 0 Å². The van der Waals surface area contributed by atoms with Crippen LogP contribution >= 0.6 is 0 Å². The molecule has 122 valence electrons. The molecular weight excluding hydrogens is 296 g/mol. The molecule has 7 heteroatoms. The second-order valence-corrected chi connectivity index (χ2v) is 5.71. The number of nitrogens with zero attached hydrogens (tertiary/aromatic N) is 3. The minimum absolute atomic E-state index is 0.00109. The number of nitrogens with one attached hydrogen (secondary N) is 1. The zero-order valence-corrected chi connectivity index (χ0v) is 13.2. The van der Waals surface area contributed by atoms with Gasteiger partial charge >= 0.3 is 0 Å². The number of carbonyl (C=O) groups excluding carboxylic acids is 2. The lowest BCUT2D eigenvalue weighted by atomic mass is 10.2. The Kier molecular flexibility index (Phi) is 4.29. The molecule has 2 amide bonds. The summed E-state index contributed by atoms with van der Waals surface area (Å²) in [5.74, 6) is -0.210. The lowest BCUT2D eigenvalue weighted by Crippen LogP contribution is -2.59. The standard InChI is InChI=1S/C16H20N4O3/c1-11-10-19(8-9-23-11)16(22)14-17-12(2)15(21)20(18-14)13-6-4-3-5-7-13/h3-7,11-12H,8-10H2,1-2H3,(H,17,18)/t11-,12+/m0/s1. The van der Waals surface area contributed by atoms with Gasteiger partial charge in [0.05, 0.1) is 18.4 Å². The number of anilines is 1. The average Bonchev–Trinajstić information content (AvgIpc) is 2.57. The number of morpholine rings is 1. The van der Waals surface area contributed by atoms with E-state index >= 15 is 0 Å². The van der Waals surface area contributed by atoms with E-state index in [1.165, 1.54) is 5.01 Å². The van der Waals surface area contributed by atoms with E-state index in [1.807, 2.05) is 37.3 Å². The zero-order chi connectivity index (χ0) is 16.4. The van der Waals surface area contributed by atoms with Gasteiger partial charge in [0.1, 0.15) is 6.04 Å². The van der Waals surface area contributed by atoms with Gasteiger partial charge in [-0.1, -0.05) is 18.2 Å². The first kappa shape index (κ1) is 15.5. The Morgan fingerprint density at radius 2 is 2.04 bits per heavy atom. The summed E-state index contributed by atoms with van der Waals surface area (Å²) in [5.41, 5.74) is 3.54. The minimum atomic E-state index is -0.603. The number of ether oxygens (including phenoxy) is 1. The molecule has 7 nitrogen and oxygen atoms in total. The molecule has 3 rings (SSSR count). The first-order chi connectivity index (χ1) is 11.1. The van der Waals surface area contributed by atoms with Crippen LogP contribution in [-0.4, -0.2) is 54.4 Å². The normalized spacial score (nSPS) is 25.0. The maximum Gasteiger partial charge on any atom is 0.290 e. The number of benzene rings is 1. The van der Waals surface area contributed by atoms with E-state index in [-0.39, 0.29) is 23.8 Å². The number of amidine groups is 1. The van der Waals surface area contributed by atoms with Crippen molar-refractivity contribution < 1.29 is 14.3 Å². The number of rotatable bonds is 2. The third-order valence-electron chi connectivity index (χ3n) is 3.86. The molecule has 23 heavy (non-hydrogen) atoms. The van der Waals surface area contributed by atoms with Gasteiger partial charge in [0.15, 0.2) is 0 Å². The fourth-order valence-electron chi connectivity index (χ4n) is 2.65. The molecule has 0 spiro atoms. The molecule has 2 atom stereocenters. The molecule has 1 N–H and O–H groups in total. The largest absolute Gasteiger partial charge is 0.375 e. The van der Waals surface area contributed by atoms with E-state index in [9.17, 15) is 9.59 Å². The van der Waals surface area contributed by atoms with Crippen molar-refractivity contribution in [2.75, 3.05) is 24.7 Å². The van der Waals surface area contributed by atoms with Crippen LogP contribution in [-0.2, 0) is 14.3 Å². The van der Waals surface area contributed by atoms with Crippen LogP contribution in [0.25, 0.3) is 0 Å². The van der Waals surface area contributed by atoms with Crippen LogP contribution in [0.5, 0.6) is 0 Å². The summed E-state index contributed by atoms with van der Waals surface area (Å²) in [7, 11) is 0. The average molecular weight is 316 g/mol. The highest BCUT2D eigenvalue weighted by molar-refractivity contribution is 6.39. The third kappa shape index (κ3) is 3.19. The Bertz CT molecular complexity index is 631. The predicted molar refractivity (Wildman–Crippen MR) is 86.0 cm³/mol. The summed E-state index contributed by atoms with van der Waals surface area (Å²) >= 11 is 0. The highest BCUT2D eigenvalue weighted by atomic mass is 16.5. The van der Waals surface area contributed by atoms with E-state index < -0.39 is 6.04 Å². The smallest absolute Gasteiger partial charge is 0.290 e. The van der Waals surface area contributed by atoms with Crippen LogP contribution in [0.3, 0.4) is 0 Å². The van der Waals surface area contributed by atoms with E-state index in [2.05, 4.69) is 10.4 Å². The highest BCUT2D eigenvalue weighted by Gasteiger charge is 2.33. The molecule has 1 fully saturated rings. The van der Waals surface area contributed by atoms with E-state index in [4.69, 9.17) is 4.74 Å². The molecule has 0 aliphatic carbocycles. The molecule has 2 aliphatic heterocycles. The third-order valence-corrected chi connectivity index (χ3v) is 3.86. The summed E-state index contributed by atoms with van der Waals surface area (Å²) in [5, 5.41) is 1.38. The molecule has 1 aromatic rings. The van der Waals surface area contributed by atoms with Gasteiger partial charge < -0.3 is 9.64 Å². The molecule has 0 aromatic heterocycles. The fourth-order valence-corrected chi connectivity index (χ4v) is 2.65. The Labute approximate surface area is 134 Å². The van der Waals surface area contributed by atoms with Gasteiger partial charge in [-0.2, -0.15) is 0 Å². The van der Waals surface area contributed by atoms with E-state index in [0.717, 1.165) is 0 Å². The Balaban J connectivity index is 1.81. The maximum atomic E-state index is 12.7. The molecule has 0 bridgehead atoms. The molecule has 1 aromatic carbocycles. The van der Waals surface area contributed by atoms with Crippen LogP contribution in [0.1, 0.15) is 13.8 Å². The van der Waals surface area contributed by atoms with Crippen molar-refractivity contribution in [3.8, 4) is 0 Å². The van der Waals surface area contributed by atoms with Crippen molar-refractivity contribution >= 4 is 23.3 Å². The molecule has 2 aliphatic rings. The Hall–Kier alpha value is -2.41. The molecule has 2 heterocycles. The van der Waals surface area contributed by atoms with Crippen molar-refractivity contribution in [2.45, 2.75) is 26.0 Å². The van der Waals surface area contributed by atoms with Gasteiger partial charge in [-0.25, -0.2) is 10.0 Å². The minimum Gasteiger partial charge on any atom is -0.375 e. The van der Waals surface area contributed by atoms with Crippen molar-refractivity contribution in [2.24, 2.45) is 4.99 Å². The topological polar surface area (TPSA) is 74.2 Å². The molecule has 1 saturated heterocycles. The van der Waals surface area contributed by atoms with Crippen LogP contribution in [0.2, 0.25) is 0 Å². The summed E-state index contributed by atoms with van der Waals surface area (Å²) in [6.45, 7) is 5.17. The van der Waals surface area contributed by atoms with Crippen LogP contribution in [0.4, 0.5) is 5.69 Å². The summed E-state index contributed by atoms with van der Waals surface area (Å²) < 4.78 is 5.46. The van der Waals surface area contributed by atoms with Gasteiger partial charge in [0, 0.05) is 13.1 Å². The number of hydrogen-bond donors (Lipinski definition) is 1. The highest BCUT2D eigenvalue weighted by Crippen LogP contribution is 2.16. The number of amides is 2. The van der Waals surface area contributed by atoms with Gasteiger partial charge in [0.2, 0.25) is 5.84 Å². The van der Waals surface area contributed by atoms with Crippen molar-refractivity contribution in [1.29, 1.82) is 0 Å². The number of aliphatic imine (C=N–C) groups is 1. The molecule has 0 saturated carbocycles. The van der Waals surface area contributed by atoms with Crippen LogP contribution in [0.15, 0.2) is 35.3 Å². The number of para-hydroxylation sites is 1. The second kappa shape index (κ2) is 6.37. The van der Waals surface area contributed by atoms with Crippen LogP contribution < -0.4 is 10.4 Å². The van der Waals surface area contributed by atoms with Gasteiger partial charge in [-0.3, -0.25) is 15.0 Å². The molecule has 0 unspecified atom stereocenters. The monoisotopic (exact) mass is 316 g/mol. The predicted octanol–water partition coefficient (Wildman–Crippen LogP) is 0.572. The summed E-state index contributed by atoms with van der Waals surface area (Å²) in [6, 6.07) is 8.56. The van der Waals surface area contributed by atoms with Gasteiger partial charge in [-0.15, -0.1) is 0 Å². The van der Waals surface area contributed by atoms with E-state index in [0.29, 0.717) is 25.4 Å². The quantitative estimate of drug-likeness (QED) is 0.866. The zero-order valence-electron chi connectivity index (χ0n) is 13.2. The second-order valence-electron chi connectivity index (χ2n) is 5.71. The molecule has 0 radical (unpaired) electrons. The van der Waals surface area contributed by atoms with E-state index in [1.54, 1.807) is 11.8 Å². The number of carbonyl (C=O) groups is 2. The first-order valence-corrected chi connectivity index (χ1v) is 7.70. The van der Waals surface area contributed by atoms with Crippen molar-refractivity contribution in [3.05, 3.63) is 30.3 Å². The van der Waals surface area contributed by atoms with Gasteiger partial charge in [0.25, 0.3) is 11.8 Å².